The molecule has 0 unspecified atom stereocenters. The zero-order valence-corrected chi connectivity index (χ0v) is 13.6. The molecule has 0 fully saturated rings. The van der Waals surface area contributed by atoms with Gasteiger partial charge in [0.1, 0.15) is 5.75 Å². The fraction of sp³-hybridized carbons (Fsp3) is 0.211. The lowest BCUT2D eigenvalue weighted by atomic mass is 10.0. The average Bonchev–Trinajstić information content (AvgIpc) is 3.01. The van der Waals surface area contributed by atoms with Crippen molar-refractivity contribution >= 4 is 16.7 Å². The summed E-state index contributed by atoms with van der Waals surface area (Å²) in [7, 11) is 3.01. The van der Waals surface area contributed by atoms with Gasteiger partial charge < -0.3 is 14.5 Å². The van der Waals surface area contributed by atoms with Crippen molar-refractivity contribution in [2.75, 3.05) is 14.2 Å². The van der Waals surface area contributed by atoms with E-state index in [2.05, 4.69) is 4.98 Å². The summed E-state index contributed by atoms with van der Waals surface area (Å²) in [4.78, 5) is 15.5. The number of ketones is 1. The fourth-order valence-corrected chi connectivity index (χ4v) is 2.72. The second-order valence-corrected chi connectivity index (χ2v) is 5.50. The minimum atomic E-state index is -0.528. The quantitative estimate of drug-likeness (QED) is 0.692. The smallest absolute Gasteiger partial charge is 0.165 e. The van der Waals surface area contributed by atoms with Crippen molar-refractivity contribution in [3.05, 3.63) is 59.5 Å². The molecule has 0 saturated carbocycles. The summed E-state index contributed by atoms with van der Waals surface area (Å²) in [5.74, 6) is 0.274. The number of fused-ring (bicyclic) bond motifs is 1. The van der Waals surface area contributed by atoms with Crippen molar-refractivity contribution in [1.82, 2.24) is 4.98 Å². The number of aryl methyl sites for hydroxylation is 1. The SMILES string of the molecule is COc1ccc2[nH]cc(CCC(=O)c3ccc(OC)c(F)c3)c2c1. The second-order valence-electron chi connectivity index (χ2n) is 5.50. The standard InChI is InChI=1S/C19H18FNO3/c1-23-14-5-6-17-15(10-14)13(11-21-17)3-7-18(22)12-4-8-19(24-2)16(20)9-12/h4-6,8-11,21H,3,7H2,1-2H3. The van der Waals surface area contributed by atoms with Crippen molar-refractivity contribution in [2.24, 2.45) is 0 Å². The molecule has 3 aromatic rings. The third-order valence-electron chi connectivity index (χ3n) is 4.07. The highest BCUT2D eigenvalue weighted by atomic mass is 19.1. The van der Waals surface area contributed by atoms with E-state index in [-0.39, 0.29) is 11.5 Å². The molecule has 4 nitrogen and oxygen atoms in total. The number of aromatic nitrogens is 1. The van der Waals surface area contributed by atoms with Gasteiger partial charge in [-0.15, -0.1) is 0 Å². The fourth-order valence-electron chi connectivity index (χ4n) is 2.72. The number of carbonyl (C=O) groups excluding carboxylic acids is 1. The number of hydrogen-bond donors (Lipinski definition) is 1. The molecule has 24 heavy (non-hydrogen) atoms. The van der Waals surface area contributed by atoms with Crippen LogP contribution >= 0.6 is 0 Å². The van der Waals surface area contributed by atoms with Crippen LogP contribution < -0.4 is 9.47 Å². The zero-order chi connectivity index (χ0) is 17.1. The van der Waals surface area contributed by atoms with Gasteiger partial charge in [-0.25, -0.2) is 4.39 Å². The van der Waals surface area contributed by atoms with Gasteiger partial charge in [-0.3, -0.25) is 4.79 Å². The van der Waals surface area contributed by atoms with Crippen molar-refractivity contribution in [1.29, 1.82) is 0 Å². The first kappa shape index (κ1) is 16.1. The van der Waals surface area contributed by atoms with Crippen LogP contribution in [0.1, 0.15) is 22.3 Å². The lowest BCUT2D eigenvalue weighted by Gasteiger charge is -2.05. The van der Waals surface area contributed by atoms with Crippen LogP contribution in [0.2, 0.25) is 0 Å². The Morgan fingerprint density at radius 2 is 1.96 bits per heavy atom. The lowest BCUT2D eigenvalue weighted by molar-refractivity contribution is 0.0982. The normalized spacial score (nSPS) is 10.8. The monoisotopic (exact) mass is 327 g/mol. The van der Waals surface area contributed by atoms with Crippen LogP contribution in [0.15, 0.2) is 42.6 Å². The average molecular weight is 327 g/mol. The highest BCUT2D eigenvalue weighted by molar-refractivity contribution is 5.96. The molecular weight excluding hydrogens is 309 g/mol. The number of aromatic amines is 1. The van der Waals surface area contributed by atoms with Gasteiger partial charge >= 0.3 is 0 Å². The van der Waals surface area contributed by atoms with Gasteiger partial charge in [0.25, 0.3) is 0 Å². The number of benzene rings is 2. The van der Waals surface area contributed by atoms with E-state index in [0.717, 1.165) is 22.2 Å². The third-order valence-corrected chi connectivity index (χ3v) is 4.07. The van der Waals surface area contributed by atoms with E-state index in [4.69, 9.17) is 9.47 Å². The largest absolute Gasteiger partial charge is 0.497 e. The van der Waals surface area contributed by atoms with Crippen LogP contribution in [0.4, 0.5) is 4.39 Å². The number of carbonyl (C=O) groups is 1. The predicted octanol–water partition coefficient (Wildman–Crippen LogP) is 4.14. The number of nitrogens with one attached hydrogen (secondary N) is 1. The first-order valence-electron chi connectivity index (χ1n) is 7.63. The molecule has 0 saturated heterocycles. The Hall–Kier alpha value is -2.82. The Balaban J connectivity index is 1.75. The van der Waals surface area contributed by atoms with E-state index in [0.29, 0.717) is 18.4 Å². The molecule has 2 aromatic carbocycles. The molecular formula is C19H18FNO3. The second kappa shape index (κ2) is 6.74. The molecule has 1 heterocycles. The number of rotatable bonds is 6. The Bertz CT molecular complexity index is 885. The maximum absolute atomic E-state index is 13.7. The number of H-pyrrole nitrogens is 1. The molecule has 3 rings (SSSR count). The molecule has 5 heteroatoms. The van der Waals surface area contributed by atoms with Gasteiger partial charge in [-0.2, -0.15) is 0 Å². The Kier molecular flexibility index (Phi) is 4.51. The molecule has 0 radical (unpaired) electrons. The van der Waals surface area contributed by atoms with E-state index >= 15 is 0 Å². The van der Waals surface area contributed by atoms with E-state index in [1.807, 2.05) is 24.4 Å². The highest BCUT2D eigenvalue weighted by Gasteiger charge is 2.12. The minimum Gasteiger partial charge on any atom is -0.497 e. The van der Waals surface area contributed by atoms with Gasteiger partial charge in [0.15, 0.2) is 17.3 Å². The number of Topliss-reactive ketones (excluding diaryl/α,β-unsaturated/α-hetero) is 1. The highest BCUT2D eigenvalue weighted by Crippen LogP contribution is 2.25. The van der Waals surface area contributed by atoms with Crippen LogP contribution in [0.5, 0.6) is 11.5 Å². The lowest BCUT2D eigenvalue weighted by Crippen LogP contribution is -2.02. The number of hydrogen-bond acceptors (Lipinski definition) is 3. The first-order chi connectivity index (χ1) is 11.6. The van der Waals surface area contributed by atoms with Gasteiger partial charge in [-0.1, -0.05) is 0 Å². The first-order valence-corrected chi connectivity index (χ1v) is 7.63. The maximum atomic E-state index is 13.7. The van der Waals surface area contributed by atoms with Gasteiger partial charge in [-0.05, 0) is 48.4 Å². The summed E-state index contributed by atoms with van der Waals surface area (Å²) in [5.41, 5.74) is 2.38. The van der Waals surface area contributed by atoms with Gasteiger partial charge in [0.05, 0.1) is 14.2 Å². The molecule has 1 aromatic heterocycles. The Labute approximate surface area is 139 Å². The molecule has 0 atom stereocenters. The predicted molar refractivity (Wildman–Crippen MR) is 90.5 cm³/mol. The third kappa shape index (κ3) is 3.11. The molecule has 0 aliphatic rings. The van der Waals surface area contributed by atoms with Crippen molar-refractivity contribution in [2.45, 2.75) is 12.8 Å². The van der Waals surface area contributed by atoms with Crippen LogP contribution in [-0.4, -0.2) is 25.0 Å². The molecule has 124 valence electrons. The van der Waals surface area contributed by atoms with E-state index < -0.39 is 5.82 Å². The molecule has 0 aliphatic heterocycles. The molecule has 1 N–H and O–H groups in total. The Morgan fingerprint density at radius 3 is 2.67 bits per heavy atom. The summed E-state index contributed by atoms with van der Waals surface area (Å²) in [5, 5.41) is 1.03. The van der Waals surface area contributed by atoms with E-state index in [1.54, 1.807) is 13.2 Å². The van der Waals surface area contributed by atoms with Crippen molar-refractivity contribution in [3.63, 3.8) is 0 Å². The molecule has 0 aliphatic carbocycles. The number of methoxy groups -OCH3 is 2. The number of halogens is 1. The van der Waals surface area contributed by atoms with Crippen LogP contribution in [0.25, 0.3) is 10.9 Å². The van der Waals surface area contributed by atoms with Gasteiger partial charge in [0.2, 0.25) is 0 Å². The van der Waals surface area contributed by atoms with Gasteiger partial charge in [0, 0.05) is 29.1 Å². The molecule has 0 spiro atoms. The molecule has 0 amide bonds. The zero-order valence-electron chi connectivity index (χ0n) is 13.6. The van der Waals surface area contributed by atoms with Crippen molar-refractivity contribution < 1.29 is 18.7 Å². The van der Waals surface area contributed by atoms with Crippen LogP contribution in [-0.2, 0) is 6.42 Å². The molecule has 0 bridgehead atoms. The number of ether oxygens (including phenoxy) is 2. The summed E-state index contributed by atoms with van der Waals surface area (Å²) < 4.78 is 23.8. The van der Waals surface area contributed by atoms with E-state index in [1.165, 1.54) is 19.2 Å². The maximum Gasteiger partial charge on any atom is 0.165 e. The van der Waals surface area contributed by atoms with Crippen LogP contribution in [0, 0.1) is 5.82 Å². The summed E-state index contributed by atoms with van der Waals surface area (Å²) >= 11 is 0. The van der Waals surface area contributed by atoms with Crippen molar-refractivity contribution in [3.8, 4) is 11.5 Å². The Morgan fingerprint density at radius 1 is 1.12 bits per heavy atom. The summed E-state index contributed by atoms with van der Waals surface area (Å²) in [6.07, 6.45) is 2.77. The van der Waals surface area contributed by atoms with E-state index in [9.17, 15) is 9.18 Å². The summed E-state index contributed by atoms with van der Waals surface area (Å²) in [6, 6.07) is 10.0. The minimum absolute atomic E-state index is 0.103. The van der Waals surface area contributed by atoms with Crippen LogP contribution in [0.3, 0.4) is 0 Å². The summed E-state index contributed by atoms with van der Waals surface area (Å²) in [6.45, 7) is 0. The topological polar surface area (TPSA) is 51.3 Å².